The Bertz CT molecular complexity index is 1300. The van der Waals surface area contributed by atoms with Gasteiger partial charge in [0.1, 0.15) is 9.96 Å². The van der Waals surface area contributed by atoms with Gasteiger partial charge in [-0.2, -0.15) is 4.31 Å². The highest BCUT2D eigenvalue weighted by atomic mass is 32.2. The van der Waals surface area contributed by atoms with Crippen molar-refractivity contribution in [3.63, 3.8) is 0 Å². The maximum atomic E-state index is 14.2. The minimum atomic E-state index is -3.70. The summed E-state index contributed by atoms with van der Waals surface area (Å²) < 4.78 is 40.4. The van der Waals surface area contributed by atoms with Crippen molar-refractivity contribution >= 4 is 39.0 Å². The number of carbonyl (C=O) groups is 2. The van der Waals surface area contributed by atoms with Crippen LogP contribution in [0.3, 0.4) is 0 Å². The molecule has 240 valence electrons. The lowest BCUT2D eigenvalue weighted by Crippen LogP contribution is -2.48. The van der Waals surface area contributed by atoms with Crippen LogP contribution in [-0.4, -0.2) is 92.3 Å². The fraction of sp³-hybridized carbons (Fsp3) is 0.600. The van der Waals surface area contributed by atoms with Gasteiger partial charge in [0.15, 0.2) is 0 Å². The van der Waals surface area contributed by atoms with Crippen molar-refractivity contribution in [2.24, 2.45) is 5.92 Å². The Labute approximate surface area is 259 Å². The summed E-state index contributed by atoms with van der Waals surface area (Å²) in [5.41, 5.74) is 0.683. The first kappa shape index (κ1) is 34.8. The van der Waals surface area contributed by atoms with Gasteiger partial charge in [-0.1, -0.05) is 13.0 Å². The third-order valence-corrected chi connectivity index (χ3v) is 10.5. The van der Waals surface area contributed by atoms with Crippen molar-refractivity contribution in [2.75, 3.05) is 38.7 Å². The van der Waals surface area contributed by atoms with Gasteiger partial charge in [-0.25, -0.2) is 13.2 Å². The normalized spacial score (nSPS) is 21.6. The molecule has 43 heavy (non-hydrogen) atoms. The summed E-state index contributed by atoms with van der Waals surface area (Å²) >= 11 is 1.16. The third kappa shape index (κ3) is 9.64. The highest BCUT2D eigenvalue weighted by Gasteiger charge is 2.32. The molecule has 3 rings (SSSR count). The maximum Gasteiger partial charge on any atom is 0.319 e. The van der Waals surface area contributed by atoms with Crippen LogP contribution in [0.4, 0.5) is 10.5 Å². The highest BCUT2D eigenvalue weighted by Crippen LogP contribution is 2.29. The Balaban J connectivity index is 1.96. The first-order chi connectivity index (χ1) is 20.3. The van der Waals surface area contributed by atoms with Gasteiger partial charge in [-0.3, -0.25) is 4.79 Å². The number of hydrogen-bond donors (Lipinski definition) is 3. The van der Waals surface area contributed by atoms with Crippen LogP contribution in [0.1, 0.15) is 64.2 Å². The number of carbonyl (C=O) groups excluding carboxylic acids is 2. The van der Waals surface area contributed by atoms with Crippen LogP contribution < -0.4 is 15.4 Å². The van der Waals surface area contributed by atoms with Gasteiger partial charge in [0.05, 0.1) is 30.4 Å². The maximum absolute atomic E-state index is 14.2. The average Bonchev–Trinajstić information content (AvgIpc) is 3.50. The lowest BCUT2D eigenvalue weighted by atomic mass is 10.0. The van der Waals surface area contributed by atoms with E-state index >= 15 is 0 Å². The zero-order chi connectivity index (χ0) is 31.7. The smallest absolute Gasteiger partial charge is 0.319 e. The lowest BCUT2D eigenvalue weighted by molar-refractivity contribution is -0.00832. The molecule has 4 atom stereocenters. The molecule has 2 aromatic rings. The molecule has 0 unspecified atom stereocenters. The predicted molar refractivity (Wildman–Crippen MR) is 168 cm³/mol. The SMILES string of the molecule is CC(C)NC(=O)Nc1ccc2c(c1)C(=O)N([C@H](C)CO)C[C@@H](C)[C@H](CN(C)S(=O)(=O)c1cccs1)OCCCC[C@@H](C)O2. The van der Waals surface area contributed by atoms with Crippen LogP contribution in [0.5, 0.6) is 5.75 Å². The molecule has 0 aliphatic carbocycles. The number of benzene rings is 1. The van der Waals surface area contributed by atoms with Gasteiger partial charge in [-0.15, -0.1) is 11.3 Å². The Hall–Kier alpha value is -2.71. The Kier molecular flexibility index (Phi) is 12.8. The molecule has 0 bridgehead atoms. The number of rotatable bonds is 8. The monoisotopic (exact) mass is 638 g/mol. The second-order valence-electron chi connectivity index (χ2n) is 11.5. The molecule has 0 spiro atoms. The number of hydrogen-bond acceptors (Lipinski definition) is 8. The zero-order valence-corrected chi connectivity index (χ0v) is 27.5. The summed E-state index contributed by atoms with van der Waals surface area (Å²) in [6.45, 7) is 9.75. The molecule has 3 N–H and O–H groups in total. The number of nitrogens with one attached hydrogen (secondary N) is 2. The molecule has 0 fully saturated rings. The number of anilines is 1. The van der Waals surface area contributed by atoms with Crippen molar-refractivity contribution in [1.29, 1.82) is 0 Å². The van der Waals surface area contributed by atoms with Crippen molar-refractivity contribution in [3.8, 4) is 5.75 Å². The molecule has 3 amide bonds. The van der Waals surface area contributed by atoms with E-state index in [1.54, 1.807) is 47.5 Å². The van der Waals surface area contributed by atoms with Gasteiger partial charge >= 0.3 is 6.03 Å². The molecule has 11 nitrogen and oxygen atoms in total. The van der Waals surface area contributed by atoms with Gasteiger partial charge < -0.3 is 30.1 Å². The van der Waals surface area contributed by atoms with Gasteiger partial charge in [-0.05, 0) is 76.6 Å². The van der Waals surface area contributed by atoms with E-state index in [4.69, 9.17) is 9.47 Å². The van der Waals surface area contributed by atoms with E-state index in [9.17, 15) is 23.1 Å². The standard InChI is InChI=1S/C30H46N4O7S2/c1-20(2)31-30(37)32-24-12-13-26-25(16-24)29(36)34(22(4)19-35)17-21(3)27(40-14-8-7-10-23(5)41-26)18-33(6)43(38,39)28-11-9-15-42-28/h9,11-13,15-16,20-23,27,35H,7-8,10,14,17-19H2,1-6H3,(H2,31,32,37)/t21-,22-,23-,27+/m1/s1. The minimum absolute atomic E-state index is 0.0694. The zero-order valence-electron chi connectivity index (χ0n) is 25.9. The second kappa shape index (κ2) is 15.8. The number of likely N-dealkylation sites (N-methyl/N-ethyl adjacent to an activating group) is 1. The van der Waals surface area contributed by atoms with Crippen LogP contribution in [0.25, 0.3) is 0 Å². The summed E-state index contributed by atoms with van der Waals surface area (Å²) in [7, 11) is -2.16. The van der Waals surface area contributed by atoms with Gasteiger partial charge in [0.25, 0.3) is 15.9 Å². The van der Waals surface area contributed by atoms with E-state index in [-0.39, 0.29) is 53.4 Å². The number of aliphatic hydroxyl groups excluding tert-OH is 1. The van der Waals surface area contributed by atoms with Crippen LogP contribution in [0, 0.1) is 5.92 Å². The summed E-state index contributed by atoms with van der Waals surface area (Å²) in [6, 6.07) is 7.23. The van der Waals surface area contributed by atoms with Crippen molar-refractivity contribution in [3.05, 3.63) is 41.3 Å². The first-order valence-corrected chi connectivity index (χ1v) is 17.1. The largest absolute Gasteiger partial charge is 0.490 e. The van der Waals surface area contributed by atoms with E-state index in [0.717, 1.165) is 30.6 Å². The molecule has 0 radical (unpaired) electrons. The molecule has 2 heterocycles. The summed E-state index contributed by atoms with van der Waals surface area (Å²) in [5.74, 6) is -0.274. The highest BCUT2D eigenvalue weighted by molar-refractivity contribution is 7.91. The Morgan fingerprint density at radius 1 is 1.21 bits per heavy atom. The van der Waals surface area contributed by atoms with E-state index in [1.807, 2.05) is 27.7 Å². The van der Waals surface area contributed by atoms with Gasteiger partial charge in [0.2, 0.25) is 0 Å². The third-order valence-electron chi connectivity index (χ3n) is 7.33. The minimum Gasteiger partial charge on any atom is -0.490 e. The molecule has 13 heteroatoms. The topological polar surface area (TPSA) is 138 Å². The number of nitrogens with zero attached hydrogens (tertiary/aromatic N) is 2. The number of aliphatic hydroxyl groups is 1. The van der Waals surface area contributed by atoms with E-state index in [1.165, 1.54) is 11.4 Å². The molecule has 1 aromatic heterocycles. The number of amides is 3. The average molecular weight is 639 g/mol. The lowest BCUT2D eigenvalue weighted by Gasteiger charge is -2.35. The van der Waals surface area contributed by atoms with Crippen LogP contribution in [0.15, 0.2) is 39.9 Å². The van der Waals surface area contributed by atoms with Crippen molar-refractivity contribution < 1.29 is 32.6 Å². The van der Waals surface area contributed by atoms with Crippen molar-refractivity contribution in [1.82, 2.24) is 14.5 Å². The Morgan fingerprint density at radius 3 is 2.60 bits per heavy atom. The number of fused-ring (bicyclic) bond motifs is 1. The molecular formula is C30H46N4O7S2. The summed E-state index contributed by atoms with van der Waals surface area (Å²) in [5, 5.41) is 17.4. The number of urea groups is 1. The molecular weight excluding hydrogens is 592 g/mol. The summed E-state index contributed by atoms with van der Waals surface area (Å²) in [4.78, 5) is 28.1. The fourth-order valence-electron chi connectivity index (χ4n) is 4.81. The van der Waals surface area contributed by atoms with E-state index in [0.29, 0.717) is 18.0 Å². The predicted octanol–water partition coefficient (Wildman–Crippen LogP) is 4.39. The van der Waals surface area contributed by atoms with Gasteiger partial charge in [0, 0.05) is 44.4 Å². The van der Waals surface area contributed by atoms with Crippen LogP contribution >= 0.6 is 11.3 Å². The molecule has 1 aromatic carbocycles. The molecule has 0 saturated carbocycles. The molecule has 0 saturated heterocycles. The number of sulfonamides is 1. The first-order valence-electron chi connectivity index (χ1n) is 14.7. The molecule has 1 aliphatic heterocycles. The fourth-order valence-corrected chi connectivity index (χ4v) is 7.19. The van der Waals surface area contributed by atoms with E-state index in [2.05, 4.69) is 10.6 Å². The summed E-state index contributed by atoms with van der Waals surface area (Å²) in [6.07, 6.45) is 1.59. The van der Waals surface area contributed by atoms with E-state index < -0.39 is 28.2 Å². The van der Waals surface area contributed by atoms with Crippen molar-refractivity contribution in [2.45, 2.75) is 82.4 Å². The number of thiophene rings is 1. The molecule has 1 aliphatic rings. The second-order valence-corrected chi connectivity index (χ2v) is 14.7. The number of ether oxygens (including phenoxy) is 2. The van der Waals surface area contributed by atoms with Crippen LogP contribution in [0.2, 0.25) is 0 Å². The van der Waals surface area contributed by atoms with Crippen LogP contribution in [-0.2, 0) is 14.8 Å². The quantitative estimate of drug-likeness (QED) is 0.390. The Morgan fingerprint density at radius 2 is 1.95 bits per heavy atom.